The van der Waals surface area contributed by atoms with Gasteiger partial charge in [-0.05, 0) is 41.7 Å². The third-order valence-corrected chi connectivity index (χ3v) is 3.05. The first kappa shape index (κ1) is 10.9. The van der Waals surface area contributed by atoms with Crippen molar-refractivity contribution in [3.05, 3.63) is 59.2 Å². The highest BCUT2D eigenvalue weighted by Crippen LogP contribution is 2.28. The Morgan fingerprint density at radius 2 is 1.56 bits per heavy atom. The van der Waals surface area contributed by atoms with Gasteiger partial charge in [0.15, 0.2) is 0 Å². The Hall–Kier alpha value is -1.60. The standard InChI is InChI=1S/C15H16O/c1-11-6-3-4-8-14(11)15-9-5-7-13(10-16)12(15)2/h3-9,16H,10H2,1-2H3. The average Bonchev–Trinajstić information content (AvgIpc) is 2.31. The number of benzene rings is 2. The fourth-order valence-electron chi connectivity index (χ4n) is 2.02. The summed E-state index contributed by atoms with van der Waals surface area (Å²) in [7, 11) is 0. The lowest BCUT2D eigenvalue weighted by Crippen LogP contribution is -1.93. The SMILES string of the molecule is Cc1ccccc1-c1cccc(CO)c1C. The second-order valence-electron chi connectivity index (χ2n) is 4.06. The van der Waals surface area contributed by atoms with Crippen molar-refractivity contribution in [3.63, 3.8) is 0 Å². The summed E-state index contributed by atoms with van der Waals surface area (Å²) < 4.78 is 0. The van der Waals surface area contributed by atoms with Gasteiger partial charge in [0.25, 0.3) is 0 Å². The second kappa shape index (κ2) is 4.50. The maximum absolute atomic E-state index is 9.26. The molecule has 2 aromatic carbocycles. The van der Waals surface area contributed by atoms with E-state index in [0.717, 1.165) is 5.56 Å². The molecule has 0 fully saturated rings. The zero-order chi connectivity index (χ0) is 11.5. The maximum atomic E-state index is 9.26. The lowest BCUT2D eigenvalue weighted by Gasteiger charge is -2.11. The van der Waals surface area contributed by atoms with Gasteiger partial charge in [0.1, 0.15) is 0 Å². The van der Waals surface area contributed by atoms with Gasteiger partial charge in [0.05, 0.1) is 6.61 Å². The molecule has 0 heterocycles. The predicted molar refractivity (Wildman–Crippen MR) is 67.3 cm³/mol. The molecule has 0 aliphatic rings. The van der Waals surface area contributed by atoms with Crippen molar-refractivity contribution < 1.29 is 5.11 Å². The van der Waals surface area contributed by atoms with Crippen molar-refractivity contribution in [2.45, 2.75) is 20.5 Å². The molecular weight excluding hydrogens is 196 g/mol. The van der Waals surface area contributed by atoms with E-state index in [1.807, 2.05) is 24.3 Å². The van der Waals surface area contributed by atoms with Crippen molar-refractivity contribution >= 4 is 0 Å². The van der Waals surface area contributed by atoms with E-state index in [0.29, 0.717) is 0 Å². The molecule has 0 aliphatic carbocycles. The average molecular weight is 212 g/mol. The molecule has 0 saturated heterocycles. The van der Waals surface area contributed by atoms with Crippen molar-refractivity contribution in [3.8, 4) is 11.1 Å². The molecule has 1 heteroatoms. The Morgan fingerprint density at radius 1 is 0.875 bits per heavy atom. The van der Waals surface area contributed by atoms with E-state index >= 15 is 0 Å². The zero-order valence-electron chi connectivity index (χ0n) is 9.70. The smallest absolute Gasteiger partial charge is 0.0684 e. The molecular formula is C15H16O. The lowest BCUT2D eigenvalue weighted by atomic mass is 9.94. The summed E-state index contributed by atoms with van der Waals surface area (Å²) in [4.78, 5) is 0. The number of aryl methyl sites for hydroxylation is 1. The summed E-state index contributed by atoms with van der Waals surface area (Å²) in [6.45, 7) is 4.28. The molecule has 0 spiro atoms. The summed E-state index contributed by atoms with van der Waals surface area (Å²) in [5.41, 5.74) is 5.89. The minimum Gasteiger partial charge on any atom is -0.392 e. The van der Waals surface area contributed by atoms with Gasteiger partial charge in [-0.15, -0.1) is 0 Å². The quantitative estimate of drug-likeness (QED) is 0.808. The number of hydrogen-bond donors (Lipinski definition) is 1. The molecule has 2 rings (SSSR count). The van der Waals surface area contributed by atoms with Crippen molar-refractivity contribution in [2.24, 2.45) is 0 Å². The Labute approximate surface area is 96.4 Å². The molecule has 82 valence electrons. The van der Waals surface area contributed by atoms with E-state index in [2.05, 4.69) is 32.0 Å². The highest BCUT2D eigenvalue weighted by Gasteiger charge is 2.06. The first-order chi connectivity index (χ1) is 7.74. The van der Waals surface area contributed by atoms with E-state index in [9.17, 15) is 5.11 Å². The number of rotatable bonds is 2. The van der Waals surface area contributed by atoms with Crippen LogP contribution in [-0.4, -0.2) is 5.11 Å². The molecule has 0 amide bonds. The van der Waals surface area contributed by atoms with Crippen LogP contribution in [0, 0.1) is 13.8 Å². The highest BCUT2D eigenvalue weighted by atomic mass is 16.3. The number of hydrogen-bond acceptors (Lipinski definition) is 1. The topological polar surface area (TPSA) is 20.2 Å². The number of aliphatic hydroxyl groups is 1. The molecule has 0 aliphatic heterocycles. The molecule has 0 unspecified atom stereocenters. The van der Waals surface area contributed by atoms with Crippen LogP contribution in [0.3, 0.4) is 0 Å². The van der Waals surface area contributed by atoms with Crippen LogP contribution in [0.25, 0.3) is 11.1 Å². The Kier molecular flexibility index (Phi) is 3.07. The predicted octanol–water partition coefficient (Wildman–Crippen LogP) is 3.46. The van der Waals surface area contributed by atoms with Gasteiger partial charge < -0.3 is 5.11 Å². The Balaban J connectivity index is 2.61. The molecule has 1 N–H and O–H groups in total. The summed E-state index contributed by atoms with van der Waals surface area (Å²) >= 11 is 0. The van der Waals surface area contributed by atoms with Gasteiger partial charge in [-0.25, -0.2) is 0 Å². The van der Waals surface area contributed by atoms with Crippen LogP contribution >= 0.6 is 0 Å². The van der Waals surface area contributed by atoms with Crippen molar-refractivity contribution in [1.82, 2.24) is 0 Å². The van der Waals surface area contributed by atoms with Gasteiger partial charge >= 0.3 is 0 Å². The fraction of sp³-hybridized carbons (Fsp3) is 0.200. The Bertz CT molecular complexity index is 501. The molecule has 16 heavy (non-hydrogen) atoms. The van der Waals surface area contributed by atoms with E-state index in [-0.39, 0.29) is 6.61 Å². The molecule has 2 aromatic rings. The molecule has 0 bridgehead atoms. The summed E-state index contributed by atoms with van der Waals surface area (Å²) in [5, 5.41) is 9.26. The molecule has 0 radical (unpaired) electrons. The van der Waals surface area contributed by atoms with Crippen LogP contribution < -0.4 is 0 Å². The Morgan fingerprint density at radius 3 is 2.25 bits per heavy atom. The van der Waals surface area contributed by atoms with Crippen molar-refractivity contribution in [2.75, 3.05) is 0 Å². The third-order valence-electron chi connectivity index (χ3n) is 3.05. The number of aliphatic hydroxyl groups excluding tert-OH is 1. The normalized spacial score (nSPS) is 10.4. The van der Waals surface area contributed by atoms with E-state index < -0.39 is 0 Å². The van der Waals surface area contributed by atoms with Gasteiger partial charge in [0, 0.05) is 0 Å². The second-order valence-corrected chi connectivity index (χ2v) is 4.06. The van der Waals surface area contributed by atoms with Crippen molar-refractivity contribution in [1.29, 1.82) is 0 Å². The summed E-state index contributed by atoms with van der Waals surface area (Å²) in [6, 6.07) is 14.4. The van der Waals surface area contributed by atoms with Gasteiger partial charge in [-0.2, -0.15) is 0 Å². The minimum atomic E-state index is 0.103. The fourth-order valence-corrected chi connectivity index (χ4v) is 2.02. The van der Waals surface area contributed by atoms with Crippen LogP contribution in [-0.2, 0) is 6.61 Å². The van der Waals surface area contributed by atoms with Gasteiger partial charge in [0.2, 0.25) is 0 Å². The lowest BCUT2D eigenvalue weighted by molar-refractivity contribution is 0.281. The van der Waals surface area contributed by atoms with Crippen LogP contribution in [0.4, 0.5) is 0 Å². The molecule has 0 atom stereocenters. The van der Waals surface area contributed by atoms with Crippen LogP contribution in [0.15, 0.2) is 42.5 Å². The van der Waals surface area contributed by atoms with Crippen LogP contribution in [0.2, 0.25) is 0 Å². The minimum absolute atomic E-state index is 0.103. The van der Waals surface area contributed by atoms with E-state index in [1.165, 1.54) is 22.3 Å². The molecule has 1 nitrogen and oxygen atoms in total. The summed E-state index contributed by atoms with van der Waals surface area (Å²) in [6.07, 6.45) is 0. The van der Waals surface area contributed by atoms with Crippen LogP contribution in [0.5, 0.6) is 0 Å². The van der Waals surface area contributed by atoms with E-state index in [1.54, 1.807) is 0 Å². The first-order valence-electron chi connectivity index (χ1n) is 5.49. The van der Waals surface area contributed by atoms with E-state index in [4.69, 9.17) is 0 Å². The first-order valence-corrected chi connectivity index (χ1v) is 5.49. The molecule has 0 saturated carbocycles. The zero-order valence-corrected chi connectivity index (χ0v) is 9.70. The highest BCUT2D eigenvalue weighted by molar-refractivity contribution is 5.71. The molecule has 0 aromatic heterocycles. The van der Waals surface area contributed by atoms with Gasteiger partial charge in [-0.1, -0.05) is 42.5 Å². The largest absolute Gasteiger partial charge is 0.392 e. The summed E-state index contributed by atoms with van der Waals surface area (Å²) in [5.74, 6) is 0. The van der Waals surface area contributed by atoms with Gasteiger partial charge in [-0.3, -0.25) is 0 Å². The maximum Gasteiger partial charge on any atom is 0.0684 e. The monoisotopic (exact) mass is 212 g/mol. The third kappa shape index (κ3) is 1.86. The van der Waals surface area contributed by atoms with Crippen LogP contribution in [0.1, 0.15) is 16.7 Å².